The molecule has 20 nitrogen and oxygen atoms in total. The lowest BCUT2D eigenvalue weighted by molar-refractivity contribution is -0.163. The third kappa shape index (κ3) is 7.87. The fourth-order valence-electron chi connectivity index (χ4n) is 5.71. The Hall–Kier alpha value is -5.55. The van der Waals surface area contributed by atoms with Crippen molar-refractivity contribution in [1.29, 1.82) is 0 Å². The number of ether oxygens (including phenoxy) is 2. The molecular weight excluding hydrogens is 773 g/mol. The second-order valence-electron chi connectivity index (χ2n) is 11.6. The molecule has 23 heteroatoms. The van der Waals surface area contributed by atoms with E-state index in [0.717, 1.165) is 42.6 Å². The molecule has 4 heterocycles. The van der Waals surface area contributed by atoms with Crippen molar-refractivity contribution in [1.82, 2.24) is 40.8 Å². The maximum absolute atomic E-state index is 14.3. The molecule has 286 valence electrons. The van der Waals surface area contributed by atoms with Gasteiger partial charge < -0.3 is 35.4 Å². The van der Waals surface area contributed by atoms with Gasteiger partial charge in [0, 0.05) is 45.0 Å². The molecule has 0 aliphatic carbocycles. The number of carbonyl (C=O) groups is 9. The van der Waals surface area contributed by atoms with Gasteiger partial charge in [-0.2, -0.15) is 0 Å². The number of aromatic nitrogens is 2. The lowest BCUT2D eigenvalue weighted by atomic mass is 9.94. The first-order valence-corrected chi connectivity index (χ1v) is 18.8. The van der Waals surface area contributed by atoms with Gasteiger partial charge in [-0.3, -0.25) is 43.4 Å². The number of carboxylic acids is 1. The number of piperazine rings is 1. The lowest BCUT2D eigenvalue weighted by Gasteiger charge is -2.56. The number of nitrogens with zero attached hydrogens (tertiary/aromatic N) is 5. The van der Waals surface area contributed by atoms with Crippen LogP contribution in [0.25, 0.3) is 0 Å². The van der Waals surface area contributed by atoms with Crippen molar-refractivity contribution >= 4 is 88.8 Å². The Morgan fingerprint density at radius 3 is 2.39 bits per heavy atom. The Morgan fingerprint density at radius 1 is 1.07 bits per heavy atom. The third-order valence-electron chi connectivity index (χ3n) is 8.11. The van der Waals surface area contributed by atoms with E-state index in [2.05, 4.69) is 26.1 Å². The van der Waals surface area contributed by atoms with Gasteiger partial charge >= 0.3 is 35.8 Å². The summed E-state index contributed by atoms with van der Waals surface area (Å²) in [5, 5.41) is 24.8. The average molecular weight is 805 g/mol. The predicted octanol–water partition coefficient (Wildman–Crippen LogP) is -0.257. The minimum atomic E-state index is -2.23. The first-order valence-electron chi connectivity index (χ1n) is 15.9. The summed E-state index contributed by atoms with van der Waals surface area (Å²) in [4.78, 5) is 118. The van der Waals surface area contributed by atoms with Gasteiger partial charge in [0.15, 0.2) is 15.8 Å². The summed E-state index contributed by atoms with van der Waals surface area (Å²) in [5.74, 6) is -7.69. The van der Waals surface area contributed by atoms with Gasteiger partial charge in [0.1, 0.15) is 22.1 Å². The van der Waals surface area contributed by atoms with Crippen molar-refractivity contribution in [2.75, 3.05) is 31.1 Å². The van der Waals surface area contributed by atoms with E-state index in [-0.39, 0.29) is 60.3 Å². The number of rotatable bonds is 13. The molecule has 1 aromatic heterocycles. The van der Waals surface area contributed by atoms with Crippen LogP contribution in [0.3, 0.4) is 0 Å². The molecule has 2 fully saturated rings. The van der Waals surface area contributed by atoms with Crippen LogP contribution in [-0.4, -0.2) is 126 Å². The number of urea groups is 1. The second kappa shape index (κ2) is 16.2. The maximum atomic E-state index is 14.3. The molecule has 0 saturated carbocycles. The van der Waals surface area contributed by atoms with Crippen LogP contribution in [0.2, 0.25) is 0 Å². The Kier molecular flexibility index (Phi) is 11.9. The number of imide groups is 1. The summed E-state index contributed by atoms with van der Waals surface area (Å²) >= 11 is 3.59. The zero-order chi connectivity index (χ0) is 39.5. The minimum Gasteiger partial charge on any atom is -0.477 e. The molecule has 1 aromatic carbocycles. The Bertz CT molecular complexity index is 1990. The molecule has 54 heavy (non-hydrogen) atoms. The molecular formula is C31H32N8O12S3. The lowest BCUT2D eigenvalue weighted by Crippen LogP contribution is -2.85. The zero-order valence-corrected chi connectivity index (χ0v) is 31.3. The molecule has 2 saturated heterocycles. The number of thioether (sulfide) groups is 2. The van der Waals surface area contributed by atoms with E-state index < -0.39 is 64.6 Å². The number of aryl methyl sites for hydroxylation is 1. The van der Waals surface area contributed by atoms with Crippen LogP contribution in [0, 0.1) is 6.92 Å². The second-order valence-corrected chi connectivity index (χ2v) is 15.1. The van der Waals surface area contributed by atoms with Crippen LogP contribution < -0.4 is 25.4 Å². The van der Waals surface area contributed by atoms with Crippen molar-refractivity contribution in [3.63, 3.8) is 0 Å². The van der Waals surface area contributed by atoms with E-state index in [1.165, 1.54) is 34.1 Å². The van der Waals surface area contributed by atoms with Crippen molar-refractivity contribution in [3.05, 3.63) is 40.0 Å². The number of hydrogen-bond acceptors (Lipinski definition) is 16. The highest BCUT2D eigenvalue weighted by atomic mass is 32.2. The Morgan fingerprint density at radius 2 is 1.78 bits per heavy atom. The number of amides is 7. The SMILES string of the molecule is CCN1CCN(C(=O)NC(C(=O)N[C@]2(NC=O)C(=O)N3C(C(=O)O)=C(CSc4nnc(C)s4)CS[C@H]32)c2ccc(OC(C)=O)c(OC(C)=O)c2)C(=O)C1=O. The van der Waals surface area contributed by atoms with E-state index in [1.807, 2.05) is 0 Å². The minimum absolute atomic E-state index is 0.00886. The molecule has 5 rings (SSSR count). The molecule has 0 bridgehead atoms. The van der Waals surface area contributed by atoms with Gasteiger partial charge in [0.25, 0.3) is 5.91 Å². The normalized spacial score (nSPS) is 20.0. The van der Waals surface area contributed by atoms with E-state index in [1.54, 1.807) is 13.8 Å². The third-order valence-corrected chi connectivity index (χ3v) is 11.6. The Labute approximate surface area is 318 Å². The largest absolute Gasteiger partial charge is 0.477 e. The first-order chi connectivity index (χ1) is 25.6. The highest BCUT2D eigenvalue weighted by Gasteiger charge is 2.66. The van der Waals surface area contributed by atoms with Crippen LogP contribution in [0.4, 0.5) is 4.79 Å². The zero-order valence-electron chi connectivity index (χ0n) is 28.9. The van der Waals surface area contributed by atoms with Crippen LogP contribution in [0.1, 0.15) is 37.4 Å². The maximum Gasteiger partial charge on any atom is 0.352 e. The van der Waals surface area contributed by atoms with E-state index >= 15 is 0 Å². The topological polar surface area (TPSA) is 264 Å². The molecule has 1 unspecified atom stereocenters. The average Bonchev–Trinajstić information content (AvgIpc) is 3.54. The number of carbonyl (C=O) groups excluding carboxylic acids is 8. The molecule has 3 atom stereocenters. The molecule has 2 aromatic rings. The molecule has 3 aliphatic rings. The van der Waals surface area contributed by atoms with Crippen LogP contribution in [0.5, 0.6) is 11.5 Å². The number of esters is 2. The van der Waals surface area contributed by atoms with E-state index in [4.69, 9.17) is 9.47 Å². The van der Waals surface area contributed by atoms with E-state index in [9.17, 15) is 48.3 Å². The quantitative estimate of drug-likeness (QED) is 0.0387. The van der Waals surface area contributed by atoms with Gasteiger partial charge in [-0.25, -0.2) is 9.59 Å². The Balaban J connectivity index is 1.49. The molecule has 0 spiro atoms. The first kappa shape index (κ1) is 39.7. The van der Waals surface area contributed by atoms with Crippen LogP contribution in [0.15, 0.2) is 33.8 Å². The number of hydrogen-bond donors (Lipinski definition) is 4. The summed E-state index contributed by atoms with van der Waals surface area (Å²) in [6.45, 7) is 5.54. The number of aliphatic carboxylic acids is 1. The summed E-state index contributed by atoms with van der Waals surface area (Å²) in [6.07, 6.45) is 0.140. The summed E-state index contributed by atoms with van der Waals surface area (Å²) in [5.41, 5.74) is -2.32. The van der Waals surface area contributed by atoms with Gasteiger partial charge in [-0.1, -0.05) is 29.2 Å². The van der Waals surface area contributed by atoms with E-state index in [0.29, 0.717) is 19.8 Å². The summed E-state index contributed by atoms with van der Waals surface area (Å²) in [7, 11) is 0. The van der Waals surface area contributed by atoms with Gasteiger partial charge in [-0.05, 0) is 37.1 Å². The summed E-state index contributed by atoms with van der Waals surface area (Å²) < 4.78 is 10.9. The molecule has 0 radical (unpaired) electrons. The predicted molar refractivity (Wildman–Crippen MR) is 187 cm³/mol. The summed E-state index contributed by atoms with van der Waals surface area (Å²) in [6, 6.07) is 0.455. The van der Waals surface area contributed by atoms with Crippen molar-refractivity contribution in [2.24, 2.45) is 0 Å². The van der Waals surface area contributed by atoms with Gasteiger partial charge in [-0.15, -0.1) is 22.0 Å². The number of β-lactam (4-membered cyclic amide) rings is 1. The molecule has 4 N–H and O–H groups in total. The van der Waals surface area contributed by atoms with Crippen LogP contribution in [-0.2, 0) is 38.4 Å². The molecule has 7 amide bonds. The number of nitrogens with one attached hydrogen (secondary N) is 3. The fourth-order valence-corrected chi connectivity index (χ4v) is 9.09. The molecule has 3 aliphatic heterocycles. The standard InChI is InChI=1S/C31H32N8O12S3/c1-5-37-8-9-38(25(45)24(37)44)29(49)33-21(17-6-7-19(50-15(3)41)20(10-17)51-16(4)42)23(43)34-31(32-13-40)27(48)39-22(26(46)47)18(11-52-28(31)39)12-53-30-36-35-14(2)54-30/h6-7,10,13,21,28H,5,8-9,11-12H2,1-4H3,(H,32,40)(H,33,49)(H,34,43)(H,46,47)/t21?,28-,31+/m0/s1. The number of benzene rings is 1. The van der Waals surface area contributed by atoms with Crippen molar-refractivity contribution in [2.45, 2.75) is 49.1 Å². The van der Waals surface area contributed by atoms with Gasteiger partial charge in [0.05, 0.1) is 0 Å². The number of carboxylic acid groups (broad SMARTS) is 1. The smallest absolute Gasteiger partial charge is 0.352 e. The highest BCUT2D eigenvalue weighted by molar-refractivity contribution is 8.01. The number of likely N-dealkylation sites (N-methyl/N-ethyl adjacent to an activating group) is 1. The van der Waals surface area contributed by atoms with Crippen molar-refractivity contribution < 1.29 is 57.7 Å². The van der Waals surface area contributed by atoms with Crippen molar-refractivity contribution in [3.8, 4) is 11.5 Å². The fraction of sp³-hybridized carbons (Fsp3) is 0.387. The van der Waals surface area contributed by atoms with Gasteiger partial charge in [0.2, 0.25) is 18.0 Å². The monoisotopic (exact) mass is 804 g/mol. The number of fused-ring (bicyclic) bond motifs is 1. The highest BCUT2D eigenvalue weighted by Crippen LogP contribution is 2.46. The van der Waals surface area contributed by atoms with Crippen LogP contribution >= 0.6 is 34.9 Å².